The average Bonchev–Trinajstić information content (AvgIpc) is 2.74. The van der Waals surface area contributed by atoms with Gasteiger partial charge in [0.1, 0.15) is 6.10 Å². The number of sulfonamides is 1. The summed E-state index contributed by atoms with van der Waals surface area (Å²) < 4.78 is 31.0. The molecule has 7 nitrogen and oxygen atoms in total. The highest BCUT2D eigenvalue weighted by atomic mass is 35.5. The zero-order chi connectivity index (χ0) is 21.0. The van der Waals surface area contributed by atoms with E-state index in [4.69, 9.17) is 16.3 Å². The normalized spacial score (nSPS) is 15.2. The van der Waals surface area contributed by atoms with Crippen LogP contribution in [0.5, 0.6) is 5.88 Å². The lowest BCUT2D eigenvalue weighted by Gasteiger charge is -2.32. The van der Waals surface area contributed by atoms with Gasteiger partial charge in [0, 0.05) is 49.6 Å². The third-order valence-electron chi connectivity index (χ3n) is 4.97. The van der Waals surface area contributed by atoms with Gasteiger partial charge in [0.25, 0.3) is 5.91 Å². The Bertz CT molecular complexity index is 941. The van der Waals surface area contributed by atoms with Gasteiger partial charge >= 0.3 is 0 Å². The largest absolute Gasteiger partial charge is 0.474 e. The molecule has 1 fully saturated rings. The van der Waals surface area contributed by atoms with E-state index in [1.165, 1.54) is 17.5 Å². The van der Waals surface area contributed by atoms with Gasteiger partial charge < -0.3 is 9.64 Å². The van der Waals surface area contributed by atoms with E-state index < -0.39 is 10.0 Å². The summed E-state index contributed by atoms with van der Waals surface area (Å²) in [6.45, 7) is 2.80. The summed E-state index contributed by atoms with van der Waals surface area (Å²) in [5.41, 5.74) is 1.11. The van der Waals surface area contributed by atoms with Crippen molar-refractivity contribution in [3.8, 4) is 5.88 Å². The van der Waals surface area contributed by atoms with Gasteiger partial charge in [-0.15, -0.1) is 0 Å². The number of hydrogen-bond donors (Lipinski definition) is 0. The van der Waals surface area contributed by atoms with E-state index in [1.807, 2.05) is 4.90 Å². The Kier molecular flexibility index (Phi) is 6.64. The number of hydrogen-bond acceptors (Lipinski definition) is 5. The van der Waals surface area contributed by atoms with Crippen molar-refractivity contribution in [1.82, 2.24) is 9.88 Å². The summed E-state index contributed by atoms with van der Waals surface area (Å²) in [5.74, 6) is 0.455. The highest BCUT2D eigenvalue weighted by molar-refractivity contribution is 7.92. The van der Waals surface area contributed by atoms with Crippen LogP contribution in [0.25, 0.3) is 0 Å². The van der Waals surface area contributed by atoms with Crippen molar-refractivity contribution in [3.63, 3.8) is 0 Å². The number of amides is 1. The second-order valence-corrected chi connectivity index (χ2v) is 9.56. The molecule has 1 saturated heterocycles. The number of rotatable bonds is 6. The number of aromatic nitrogens is 1. The second-order valence-electron chi connectivity index (χ2n) is 6.84. The number of pyridine rings is 1. The minimum Gasteiger partial charge on any atom is -0.474 e. The van der Waals surface area contributed by atoms with Gasteiger partial charge in [0.15, 0.2) is 0 Å². The molecule has 3 rings (SSSR count). The van der Waals surface area contributed by atoms with E-state index >= 15 is 0 Å². The average molecular weight is 438 g/mol. The monoisotopic (exact) mass is 437 g/mol. The van der Waals surface area contributed by atoms with Crippen molar-refractivity contribution in [1.29, 1.82) is 0 Å². The molecule has 1 aromatic heterocycles. The van der Waals surface area contributed by atoms with Gasteiger partial charge in [0.05, 0.1) is 17.6 Å². The molecule has 1 aliphatic heterocycles. The minimum atomic E-state index is -3.32. The Hall–Kier alpha value is -2.32. The van der Waals surface area contributed by atoms with Crippen molar-refractivity contribution in [2.45, 2.75) is 25.9 Å². The molecule has 29 heavy (non-hydrogen) atoms. The molecule has 1 aromatic carbocycles. The number of likely N-dealkylation sites (tertiary alicyclic amines) is 1. The first-order valence-electron chi connectivity index (χ1n) is 9.44. The molecule has 2 heterocycles. The Morgan fingerprint density at radius 2 is 1.86 bits per heavy atom. The predicted octanol–water partition coefficient (Wildman–Crippen LogP) is 3.20. The van der Waals surface area contributed by atoms with E-state index in [1.54, 1.807) is 43.3 Å². The zero-order valence-electron chi connectivity index (χ0n) is 16.4. The molecule has 0 bridgehead atoms. The molecule has 156 valence electrons. The number of carbonyl (C=O) groups excluding carboxylic acids is 1. The summed E-state index contributed by atoms with van der Waals surface area (Å²) in [6.07, 6.45) is 2.85. The van der Waals surface area contributed by atoms with Crippen LogP contribution in [0.1, 0.15) is 30.1 Å². The molecule has 0 spiro atoms. The number of carbonyl (C=O) groups is 1. The topological polar surface area (TPSA) is 79.8 Å². The van der Waals surface area contributed by atoms with Crippen LogP contribution in [0.3, 0.4) is 0 Å². The van der Waals surface area contributed by atoms with Crippen LogP contribution in [0.4, 0.5) is 5.69 Å². The van der Waals surface area contributed by atoms with Crippen molar-refractivity contribution in [2.24, 2.45) is 0 Å². The lowest BCUT2D eigenvalue weighted by atomic mass is 10.1. The summed E-state index contributed by atoms with van der Waals surface area (Å²) in [4.78, 5) is 18.6. The van der Waals surface area contributed by atoms with Crippen LogP contribution in [-0.4, -0.2) is 56.2 Å². The fraction of sp³-hybridized carbons (Fsp3) is 0.400. The number of piperidine rings is 1. The molecular weight excluding hydrogens is 414 g/mol. The van der Waals surface area contributed by atoms with Gasteiger partial charge in [-0.05, 0) is 37.3 Å². The maximum absolute atomic E-state index is 12.6. The zero-order valence-corrected chi connectivity index (χ0v) is 18.0. The fourth-order valence-electron chi connectivity index (χ4n) is 3.11. The molecule has 0 radical (unpaired) electrons. The molecule has 1 aliphatic rings. The summed E-state index contributed by atoms with van der Waals surface area (Å²) in [6, 6.07) is 10.2. The Morgan fingerprint density at radius 1 is 1.21 bits per heavy atom. The SMILES string of the molecule is CCS(=O)(=O)N(C)c1ccc(OC2CCN(C(=O)c3ccc(Cl)cc3)CC2)nc1. The third-order valence-corrected chi connectivity index (χ3v) is 7.00. The number of benzene rings is 1. The van der Waals surface area contributed by atoms with E-state index in [0.717, 1.165) is 0 Å². The molecule has 1 amide bonds. The van der Waals surface area contributed by atoms with Gasteiger partial charge in [0.2, 0.25) is 15.9 Å². The molecule has 0 aliphatic carbocycles. The number of anilines is 1. The lowest BCUT2D eigenvalue weighted by Crippen LogP contribution is -2.41. The number of ether oxygens (including phenoxy) is 1. The summed E-state index contributed by atoms with van der Waals surface area (Å²) in [5, 5.41) is 0.602. The molecule has 0 N–H and O–H groups in total. The first-order valence-corrected chi connectivity index (χ1v) is 11.4. The lowest BCUT2D eigenvalue weighted by molar-refractivity contribution is 0.0588. The minimum absolute atomic E-state index is 0.0113. The Labute approximate surface area is 176 Å². The van der Waals surface area contributed by atoms with Crippen LogP contribution >= 0.6 is 11.6 Å². The maximum Gasteiger partial charge on any atom is 0.253 e. The van der Waals surface area contributed by atoms with Crippen molar-refractivity contribution < 1.29 is 17.9 Å². The molecular formula is C20H24ClN3O4S. The summed E-state index contributed by atoms with van der Waals surface area (Å²) >= 11 is 5.88. The Balaban J connectivity index is 1.54. The number of nitrogens with zero attached hydrogens (tertiary/aromatic N) is 3. The third kappa shape index (κ3) is 5.19. The van der Waals surface area contributed by atoms with Gasteiger partial charge in [-0.3, -0.25) is 9.10 Å². The van der Waals surface area contributed by atoms with Crippen molar-refractivity contribution >= 4 is 33.2 Å². The van der Waals surface area contributed by atoms with Crippen LogP contribution in [0, 0.1) is 0 Å². The first-order chi connectivity index (χ1) is 13.8. The predicted molar refractivity (Wildman–Crippen MR) is 113 cm³/mol. The van der Waals surface area contributed by atoms with Crippen molar-refractivity contribution in [3.05, 3.63) is 53.2 Å². The smallest absolute Gasteiger partial charge is 0.253 e. The van der Waals surface area contributed by atoms with Gasteiger partial charge in [-0.2, -0.15) is 0 Å². The van der Waals surface area contributed by atoms with Gasteiger partial charge in [-0.1, -0.05) is 11.6 Å². The van der Waals surface area contributed by atoms with Crippen molar-refractivity contribution in [2.75, 3.05) is 30.2 Å². The van der Waals surface area contributed by atoms with E-state index in [2.05, 4.69) is 4.98 Å². The molecule has 2 aromatic rings. The number of halogens is 1. The molecule has 0 saturated carbocycles. The highest BCUT2D eigenvalue weighted by Gasteiger charge is 2.25. The molecule has 9 heteroatoms. The molecule has 0 atom stereocenters. The van der Waals surface area contributed by atoms with E-state index in [9.17, 15) is 13.2 Å². The maximum atomic E-state index is 12.6. The van der Waals surface area contributed by atoms with E-state index in [-0.39, 0.29) is 17.8 Å². The van der Waals surface area contributed by atoms with Gasteiger partial charge in [-0.25, -0.2) is 13.4 Å². The first kappa shape index (κ1) is 21.4. The van der Waals surface area contributed by atoms with Crippen LogP contribution in [-0.2, 0) is 10.0 Å². The standard InChI is InChI=1S/C20H24ClN3O4S/c1-3-29(26,27)23(2)17-8-9-19(22-14-17)28-18-10-12-24(13-11-18)20(25)15-4-6-16(21)7-5-15/h4-9,14,18H,3,10-13H2,1-2H3. The molecule has 0 unspecified atom stereocenters. The second kappa shape index (κ2) is 9.00. The van der Waals surface area contributed by atoms with E-state index in [0.29, 0.717) is 48.1 Å². The van der Waals surface area contributed by atoms with Crippen LogP contribution < -0.4 is 9.04 Å². The van der Waals surface area contributed by atoms with Crippen LogP contribution in [0.15, 0.2) is 42.6 Å². The quantitative estimate of drug-likeness (QED) is 0.693. The van der Waals surface area contributed by atoms with Crippen LogP contribution in [0.2, 0.25) is 5.02 Å². The summed E-state index contributed by atoms with van der Waals surface area (Å²) in [7, 11) is -1.82. The fourth-order valence-corrected chi connectivity index (χ4v) is 4.05. The Morgan fingerprint density at radius 3 is 2.41 bits per heavy atom. The highest BCUT2D eigenvalue weighted by Crippen LogP contribution is 2.22.